The first-order valence-electron chi connectivity index (χ1n) is 9.31. The molecule has 4 nitrogen and oxygen atoms in total. The topological polar surface area (TPSA) is 34.5 Å². The minimum atomic E-state index is -0.0180. The summed E-state index contributed by atoms with van der Waals surface area (Å²) in [5.41, 5.74) is 5.28. The van der Waals surface area contributed by atoms with Crippen LogP contribution in [0.1, 0.15) is 22.3 Å². The molecular formula is C22H24N2O2S. The predicted molar refractivity (Wildman–Crippen MR) is 110 cm³/mol. The zero-order chi connectivity index (χ0) is 18.6. The number of fused-ring (bicyclic) bond motifs is 1. The van der Waals surface area contributed by atoms with E-state index in [1.807, 2.05) is 23.7 Å². The number of aryl methyl sites for hydroxylation is 2. The molecule has 3 aromatic rings. The molecule has 1 aliphatic rings. The van der Waals surface area contributed by atoms with Crippen LogP contribution in [0.15, 0.2) is 58.1 Å². The number of hydrogen-bond donors (Lipinski definition) is 0. The summed E-state index contributed by atoms with van der Waals surface area (Å²) >= 11 is 1.64. The molecule has 0 unspecified atom stereocenters. The second kappa shape index (κ2) is 8.11. The second-order valence-corrected chi connectivity index (χ2v) is 7.94. The molecule has 27 heavy (non-hydrogen) atoms. The van der Waals surface area contributed by atoms with E-state index in [0.717, 1.165) is 31.5 Å². The smallest absolute Gasteiger partial charge is 0.254 e. The summed E-state index contributed by atoms with van der Waals surface area (Å²) in [6.07, 6.45) is 3.81. The van der Waals surface area contributed by atoms with E-state index in [1.54, 1.807) is 22.0 Å². The number of rotatable bonds is 6. The Bertz CT molecular complexity index is 963. The maximum absolute atomic E-state index is 12.4. The number of ether oxygens (including phenoxy) is 1. The SMILES string of the molecule is CN1CCc2ccc(CCn3ccc(OCc4ccsc4)cc3=O)cc2C1. The van der Waals surface area contributed by atoms with E-state index in [0.29, 0.717) is 18.9 Å². The summed E-state index contributed by atoms with van der Waals surface area (Å²) in [7, 11) is 2.16. The summed E-state index contributed by atoms with van der Waals surface area (Å²) in [4.78, 5) is 14.7. The molecule has 0 bridgehead atoms. The van der Waals surface area contributed by atoms with Gasteiger partial charge in [0.2, 0.25) is 0 Å². The van der Waals surface area contributed by atoms with E-state index in [1.165, 1.54) is 16.7 Å². The van der Waals surface area contributed by atoms with Crippen LogP contribution < -0.4 is 10.3 Å². The summed E-state index contributed by atoms with van der Waals surface area (Å²) in [5, 5.41) is 4.08. The maximum Gasteiger partial charge on any atom is 0.254 e. The number of hydrogen-bond acceptors (Lipinski definition) is 4. The standard InChI is InChI=1S/C22H24N2O2S/c1-23-8-5-19-3-2-17(12-20(19)14-23)4-9-24-10-6-21(13-22(24)25)26-15-18-7-11-27-16-18/h2-3,6-7,10-13,16H,4-5,8-9,14-15H2,1H3. The lowest BCUT2D eigenvalue weighted by atomic mass is 9.97. The van der Waals surface area contributed by atoms with E-state index >= 15 is 0 Å². The van der Waals surface area contributed by atoms with Crippen molar-refractivity contribution in [2.24, 2.45) is 0 Å². The van der Waals surface area contributed by atoms with E-state index in [9.17, 15) is 4.79 Å². The second-order valence-electron chi connectivity index (χ2n) is 7.16. The van der Waals surface area contributed by atoms with Crippen molar-refractivity contribution in [2.45, 2.75) is 32.5 Å². The quantitative estimate of drug-likeness (QED) is 0.654. The van der Waals surface area contributed by atoms with Gasteiger partial charge in [0, 0.05) is 31.9 Å². The summed E-state index contributed by atoms with van der Waals surface area (Å²) in [6, 6.07) is 12.2. The summed E-state index contributed by atoms with van der Waals surface area (Å²) in [5.74, 6) is 0.624. The van der Waals surface area contributed by atoms with E-state index in [-0.39, 0.29) is 5.56 Å². The molecule has 0 fully saturated rings. The third-order valence-electron chi connectivity index (χ3n) is 5.07. The third-order valence-corrected chi connectivity index (χ3v) is 5.80. The Morgan fingerprint density at radius 3 is 2.85 bits per heavy atom. The minimum absolute atomic E-state index is 0.0180. The third kappa shape index (κ3) is 4.49. The highest BCUT2D eigenvalue weighted by atomic mass is 32.1. The molecule has 0 aliphatic carbocycles. The number of pyridine rings is 1. The Kier molecular flexibility index (Phi) is 5.41. The highest BCUT2D eigenvalue weighted by molar-refractivity contribution is 7.07. The first-order chi connectivity index (χ1) is 13.2. The summed E-state index contributed by atoms with van der Waals surface area (Å²) in [6.45, 7) is 3.32. The van der Waals surface area contributed by atoms with Gasteiger partial charge in [0.25, 0.3) is 5.56 Å². The molecule has 140 valence electrons. The van der Waals surface area contributed by atoms with Crippen molar-refractivity contribution in [1.82, 2.24) is 9.47 Å². The Hall–Kier alpha value is -2.37. The number of thiophene rings is 1. The van der Waals surface area contributed by atoms with Crippen molar-refractivity contribution < 1.29 is 4.74 Å². The average molecular weight is 381 g/mol. The molecule has 0 radical (unpaired) electrons. The van der Waals surface area contributed by atoms with Crippen molar-refractivity contribution >= 4 is 11.3 Å². The Labute approximate surface area is 163 Å². The average Bonchev–Trinajstić information content (AvgIpc) is 3.19. The minimum Gasteiger partial charge on any atom is -0.489 e. The van der Waals surface area contributed by atoms with Crippen LogP contribution >= 0.6 is 11.3 Å². The predicted octanol–water partition coefficient (Wildman–Crippen LogP) is 3.72. The Morgan fingerprint density at radius 2 is 2.04 bits per heavy atom. The van der Waals surface area contributed by atoms with Gasteiger partial charge in [0.1, 0.15) is 12.4 Å². The lowest BCUT2D eigenvalue weighted by molar-refractivity contribution is 0.305. The fourth-order valence-corrected chi connectivity index (χ4v) is 4.12. The van der Waals surface area contributed by atoms with Gasteiger partial charge in [0.05, 0.1) is 0 Å². The zero-order valence-corrected chi connectivity index (χ0v) is 16.4. The van der Waals surface area contributed by atoms with Gasteiger partial charge in [-0.25, -0.2) is 0 Å². The van der Waals surface area contributed by atoms with Crippen LogP contribution in [0.4, 0.5) is 0 Å². The molecule has 3 heterocycles. The van der Waals surface area contributed by atoms with E-state index < -0.39 is 0 Å². The van der Waals surface area contributed by atoms with Gasteiger partial charge in [-0.05, 0) is 65.0 Å². The maximum atomic E-state index is 12.4. The zero-order valence-electron chi connectivity index (χ0n) is 15.6. The van der Waals surface area contributed by atoms with Crippen LogP contribution in [0.25, 0.3) is 0 Å². The number of likely N-dealkylation sites (N-methyl/N-ethyl adjacent to an activating group) is 1. The Balaban J connectivity index is 1.38. The van der Waals surface area contributed by atoms with Crippen molar-refractivity contribution in [3.05, 3.63) is 86.0 Å². The molecule has 1 aromatic carbocycles. The van der Waals surface area contributed by atoms with Crippen molar-refractivity contribution in [2.75, 3.05) is 13.6 Å². The highest BCUT2D eigenvalue weighted by Gasteiger charge is 2.13. The van der Waals surface area contributed by atoms with Crippen LogP contribution in [0.3, 0.4) is 0 Å². The van der Waals surface area contributed by atoms with Gasteiger partial charge in [-0.15, -0.1) is 0 Å². The molecule has 5 heteroatoms. The molecular weight excluding hydrogens is 356 g/mol. The molecule has 0 amide bonds. The van der Waals surface area contributed by atoms with Gasteiger partial charge in [-0.2, -0.15) is 11.3 Å². The van der Waals surface area contributed by atoms with Gasteiger partial charge < -0.3 is 14.2 Å². The Morgan fingerprint density at radius 1 is 1.11 bits per heavy atom. The number of nitrogens with zero attached hydrogens (tertiary/aromatic N) is 2. The molecule has 0 N–H and O–H groups in total. The lowest BCUT2D eigenvalue weighted by Gasteiger charge is -2.25. The number of benzene rings is 1. The number of aromatic nitrogens is 1. The van der Waals surface area contributed by atoms with Crippen LogP contribution in [-0.4, -0.2) is 23.1 Å². The van der Waals surface area contributed by atoms with Crippen LogP contribution in [0, 0.1) is 0 Å². The fraction of sp³-hybridized carbons (Fsp3) is 0.318. The molecule has 0 saturated heterocycles. The van der Waals surface area contributed by atoms with Gasteiger partial charge in [-0.1, -0.05) is 18.2 Å². The van der Waals surface area contributed by atoms with Crippen molar-refractivity contribution in [3.63, 3.8) is 0 Å². The van der Waals surface area contributed by atoms with Crippen molar-refractivity contribution in [3.8, 4) is 5.75 Å². The first kappa shape index (κ1) is 18.0. The lowest BCUT2D eigenvalue weighted by Crippen LogP contribution is -2.26. The van der Waals surface area contributed by atoms with Crippen LogP contribution in [-0.2, 0) is 32.5 Å². The van der Waals surface area contributed by atoms with Gasteiger partial charge >= 0.3 is 0 Å². The fourth-order valence-electron chi connectivity index (χ4n) is 3.46. The van der Waals surface area contributed by atoms with Crippen molar-refractivity contribution in [1.29, 1.82) is 0 Å². The van der Waals surface area contributed by atoms with Gasteiger partial charge in [0.15, 0.2) is 0 Å². The van der Waals surface area contributed by atoms with E-state index in [2.05, 4.69) is 35.5 Å². The monoisotopic (exact) mass is 380 g/mol. The molecule has 0 saturated carbocycles. The van der Waals surface area contributed by atoms with E-state index in [4.69, 9.17) is 4.74 Å². The molecule has 1 aliphatic heterocycles. The van der Waals surface area contributed by atoms with Crippen LogP contribution in [0.5, 0.6) is 5.75 Å². The highest BCUT2D eigenvalue weighted by Crippen LogP contribution is 2.20. The molecule has 4 rings (SSSR count). The normalized spacial score (nSPS) is 14.1. The first-order valence-corrected chi connectivity index (χ1v) is 10.3. The van der Waals surface area contributed by atoms with Gasteiger partial charge in [-0.3, -0.25) is 4.79 Å². The summed E-state index contributed by atoms with van der Waals surface area (Å²) < 4.78 is 7.46. The molecule has 0 spiro atoms. The molecule has 2 aromatic heterocycles. The molecule has 0 atom stereocenters. The largest absolute Gasteiger partial charge is 0.489 e. The van der Waals surface area contributed by atoms with Crippen LogP contribution in [0.2, 0.25) is 0 Å².